The molecule has 0 bridgehead atoms. The predicted octanol–water partition coefficient (Wildman–Crippen LogP) is 3.41. The first-order valence-electron chi connectivity index (χ1n) is 5.70. The number of hydrogen-bond donors (Lipinski definition) is 2. The SMILES string of the molecule is O=C(O)c1cc(/N=N/c2cccc([N+](=O)[O-])c2)ccc1O. The van der Waals surface area contributed by atoms with Crippen LogP contribution in [0.2, 0.25) is 0 Å². The summed E-state index contributed by atoms with van der Waals surface area (Å²) in [5.41, 5.74) is 0.0414. The predicted molar refractivity (Wildman–Crippen MR) is 72.3 cm³/mol. The molecule has 0 aliphatic heterocycles. The molecule has 2 rings (SSSR count). The maximum Gasteiger partial charge on any atom is 0.339 e. The van der Waals surface area contributed by atoms with Gasteiger partial charge in [-0.1, -0.05) is 6.07 Å². The summed E-state index contributed by atoms with van der Waals surface area (Å²) in [4.78, 5) is 20.9. The van der Waals surface area contributed by atoms with Gasteiger partial charge in [0.2, 0.25) is 0 Å². The van der Waals surface area contributed by atoms with E-state index in [2.05, 4.69) is 10.2 Å². The van der Waals surface area contributed by atoms with Gasteiger partial charge in [0.15, 0.2) is 0 Å². The highest BCUT2D eigenvalue weighted by molar-refractivity contribution is 5.91. The normalized spacial score (nSPS) is 10.7. The van der Waals surface area contributed by atoms with Crippen LogP contribution < -0.4 is 0 Å². The van der Waals surface area contributed by atoms with E-state index < -0.39 is 10.9 Å². The van der Waals surface area contributed by atoms with Crippen molar-refractivity contribution in [3.63, 3.8) is 0 Å². The van der Waals surface area contributed by atoms with E-state index >= 15 is 0 Å². The lowest BCUT2D eigenvalue weighted by Gasteiger charge is -1.99. The fourth-order valence-corrected chi connectivity index (χ4v) is 1.54. The molecule has 0 unspecified atom stereocenters. The van der Waals surface area contributed by atoms with Gasteiger partial charge in [0.25, 0.3) is 5.69 Å². The number of azo groups is 1. The lowest BCUT2D eigenvalue weighted by molar-refractivity contribution is -0.384. The van der Waals surface area contributed by atoms with Gasteiger partial charge >= 0.3 is 5.97 Å². The maximum absolute atomic E-state index is 10.9. The van der Waals surface area contributed by atoms with Gasteiger partial charge in [-0.15, -0.1) is 0 Å². The van der Waals surface area contributed by atoms with Gasteiger partial charge in [-0.2, -0.15) is 10.2 Å². The molecular weight excluding hydrogens is 278 g/mol. The number of nitro groups is 1. The minimum atomic E-state index is -1.29. The average molecular weight is 287 g/mol. The van der Waals surface area contributed by atoms with E-state index in [1.807, 2.05) is 0 Å². The highest BCUT2D eigenvalue weighted by Gasteiger charge is 2.10. The summed E-state index contributed by atoms with van der Waals surface area (Å²) >= 11 is 0. The summed E-state index contributed by atoms with van der Waals surface area (Å²) in [6, 6.07) is 9.26. The van der Waals surface area contributed by atoms with E-state index in [0.29, 0.717) is 0 Å². The van der Waals surface area contributed by atoms with Crippen LogP contribution in [0.15, 0.2) is 52.7 Å². The molecule has 0 fully saturated rings. The quantitative estimate of drug-likeness (QED) is 0.506. The first kappa shape index (κ1) is 14.1. The number of non-ortho nitro benzene ring substituents is 1. The molecule has 0 saturated heterocycles. The summed E-state index contributed by atoms with van der Waals surface area (Å²) in [5, 5.41) is 36.4. The largest absolute Gasteiger partial charge is 0.507 e. The number of nitro benzene ring substituents is 1. The lowest BCUT2D eigenvalue weighted by atomic mass is 10.2. The molecule has 106 valence electrons. The van der Waals surface area contributed by atoms with Crippen LogP contribution in [0.25, 0.3) is 0 Å². The summed E-state index contributed by atoms with van der Waals surface area (Å²) in [6.07, 6.45) is 0. The number of rotatable bonds is 4. The Bertz CT molecular complexity index is 742. The van der Waals surface area contributed by atoms with Crippen LogP contribution >= 0.6 is 0 Å². The van der Waals surface area contributed by atoms with Crippen molar-refractivity contribution < 1.29 is 19.9 Å². The number of phenols is 1. The molecule has 8 nitrogen and oxygen atoms in total. The van der Waals surface area contributed by atoms with Crippen LogP contribution in [0.1, 0.15) is 10.4 Å². The standard InChI is InChI=1S/C13H9N3O5/c17-12-5-4-9(7-11(12)13(18)19)15-14-8-2-1-3-10(6-8)16(20)21/h1-7,17H,(H,18,19)/b15-14+. The number of nitrogens with zero attached hydrogens (tertiary/aromatic N) is 3. The van der Waals surface area contributed by atoms with E-state index in [1.165, 1.54) is 36.4 Å². The third kappa shape index (κ3) is 3.38. The van der Waals surface area contributed by atoms with Crippen LogP contribution in [-0.4, -0.2) is 21.1 Å². The Balaban J connectivity index is 2.29. The van der Waals surface area contributed by atoms with Crippen molar-refractivity contribution in [2.45, 2.75) is 0 Å². The second-order valence-electron chi connectivity index (χ2n) is 3.98. The summed E-state index contributed by atoms with van der Waals surface area (Å²) in [7, 11) is 0. The number of carboxylic acids is 1. The highest BCUT2D eigenvalue weighted by Crippen LogP contribution is 2.26. The molecule has 8 heteroatoms. The van der Waals surface area contributed by atoms with Gasteiger partial charge in [0, 0.05) is 12.1 Å². The lowest BCUT2D eigenvalue weighted by Crippen LogP contribution is -1.95. The van der Waals surface area contributed by atoms with Gasteiger partial charge in [-0.05, 0) is 24.3 Å². The van der Waals surface area contributed by atoms with Crippen molar-refractivity contribution in [2.75, 3.05) is 0 Å². The Morgan fingerprint density at radius 1 is 1.10 bits per heavy atom. The van der Waals surface area contributed by atoms with Gasteiger partial charge in [0.1, 0.15) is 11.3 Å². The van der Waals surface area contributed by atoms with E-state index in [1.54, 1.807) is 0 Å². The summed E-state index contributed by atoms with van der Waals surface area (Å²) < 4.78 is 0. The first-order valence-corrected chi connectivity index (χ1v) is 5.70. The van der Waals surface area contributed by atoms with Crippen LogP contribution in [0.4, 0.5) is 17.1 Å². The summed E-state index contributed by atoms with van der Waals surface area (Å²) in [6.45, 7) is 0. The van der Waals surface area contributed by atoms with Crippen LogP contribution in [0.3, 0.4) is 0 Å². The number of carbonyl (C=O) groups is 1. The second kappa shape index (κ2) is 5.78. The monoisotopic (exact) mass is 287 g/mol. The van der Waals surface area contributed by atoms with Crippen molar-refractivity contribution in [1.82, 2.24) is 0 Å². The molecular formula is C13H9N3O5. The Kier molecular flexibility index (Phi) is 3.89. The molecule has 0 aromatic heterocycles. The number of hydrogen-bond acceptors (Lipinski definition) is 6. The molecule has 0 spiro atoms. The average Bonchev–Trinajstić information content (AvgIpc) is 2.46. The molecule has 2 aromatic rings. The number of aromatic carboxylic acids is 1. The van der Waals surface area contributed by atoms with Gasteiger partial charge < -0.3 is 10.2 Å². The van der Waals surface area contributed by atoms with Gasteiger partial charge in [-0.25, -0.2) is 4.79 Å². The zero-order valence-corrected chi connectivity index (χ0v) is 10.5. The van der Waals surface area contributed by atoms with Gasteiger partial charge in [0.05, 0.1) is 16.3 Å². The van der Waals surface area contributed by atoms with Crippen LogP contribution in [-0.2, 0) is 0 Å². The van der Waals surface area contributed by atoms with Crippen molar-refractivity contribution >= 4 is 23.0 Å². The topological polar surface area (TPSA) is 125 Å². The zero-order valence-electron chi connectivity index (χ0n) is 10.5. The zero-order chi connectivity index (χ0) is 15.4. The minimum Gasteiger partial charge on any atom is -0.507 e. The second-order valence-corrected chi connectivity index (χ2v) is 3.98. The molecule has 0 radical (unpaired) electrons. The Hall–Kier alpha value is -3.29. The minimum absolute atomic E-state index is 0.122. The Morgan fingerprint density at radius 3 is 2.38 bits per heavy atom. The fraction of sp³-hybridized carbons (Fsp3) is 0. The molecule has 0 amide bonds. The molecule has 21 heavy (non-hydrogen) atoms. The maximum atomic E-state index is 10.9. The first-order chi connectivity index (χ1) is 9.97. The smallest absolute Gasteiger partial charge is 0.339 e. The number of aromatic hydroxyl groups is 1. The Morgan fingerprint density at radius 2 is 1.76 bits per heavy atom. The van der Waals surface area contributed by atoms with Crippen LogP contribution in [0, 0.1) is 10.1 Å². The van der Waals surface area contributed by atoms with E-state index in [4.69, 9.17) is 5.11 Å². The van der Waals surface area contributed by atoms with E-state index in [0.717, 1.165) is 6.07 Å². The summed E-state index contributed by atoms with van der Waals surface area (Å²) in [5.74, 6) is -1.67. The van der Waals surface area contributed by atoms with Crippen molar-refractivity contribution in [3.8, 4) is 5.75 Å². The third-order valence-corrected chi connectivity index (χ3v) is 2.53. The fourth-order valence-electron chi connectivity index (χ4n) is 1.54. The molecule has 0 heterocycles. The molecule has 2 aromatic carbocycles. The number of benzene rings is 2. The Labute approximate surface area is 118 Å². The number of carboxylic acid groups (broad SMARTS) is 1. The van der Waals surface area contributed by atoms with Crippen molar-refractivity contribution in [1.29, 1.82) is 0 Å². The molecule has 0 aliphatic carbocycles. The molecule has 0 atom stereocenters. The molecule has 2 N–H and O–H groups in total. The van der Waals surface area contributed by atoms with Crippen LogP contribution in [0.5, 0.6) is 5.75 Å². The highest BCUT2D eigenvalue weighted by atomic mass is 16.6. The van der Waals surface area contributed by atoms with Gasteiger partial charge in [-0.3, -0.25) is 10.1 Å². The van der Waals surface area contributed by atoms with Crippen molar-refractivity contribution in [3.05, 3.63) is 58.1 Å². The molecule has 0 saturated carbocycles. The third-order valence-electron chi connectivity index (χ3n) is 2.53. The van der Waals surface area contributed by atoms with E-state index in [-0.39, 0.29) is 28.4 Å². The van der Waals surface area contributed by atoms with E-state index in [9.17, 15) is 20.0 Å². The van der Waals surface area contributed by atoms with Crippen molar-refractivity contribution in [2.24, 2.45) is 10.2 Å². The molecule has 0 aliphatic rings.